The van der Waals surface area contributed by atoms with Crippen LogP contribution >= 0.6 is 11.6 Å². The van der Waals surface area contributed by atoms with Gasteiger partial charge in [0.2, 0.25) is 5.91 Å². The van der Waals surface area contributed by atoms with Gasteiger partial charge in [-0.3, -0.25) is 4.79 Å². The predicted octanol–water partition coefficient (Wildman–Crippen LogP) is 4.26. The van der Waals surface area contributed by atoms with Crippen LogP contribution in [0.15, 0.2) is 48.5 Å². The summed E-state index contributed by atoms with van der Waals surface area (Å²) < 4.78 is 0. The number of hydrogen-bond donors (Lipinski definition) is 2. The largest absolute Gasteiger partial charge is 0.383 e. The van der Waals surface area contributed by atoms with Crippen molar-refractivity contribution >= 4 is 45.0 Å². The van der Waals surface area contributed by atoms with Gasteiger partial charge >= 0.3 is 0 Å². The Morgan fingerprint density at radius 2 is 1.62 bits per heavy atom. The topological polar surface area (TPSA) is 57.3 Å². The lowest BCUT2D eigenvalue weighted by atomic mass is 10.1. The zero-order valence-electron chi connectivity index (χ0n) is 17.0. The molecular formula is C23H29ClN4O. The number of alkyl halides is 1. The second kappa shape index (κ2) is 11.0. The molecule has 0 saturated carbocycles. The van der Waals surface area contributed by atoms with Crippen LogP contribution in [-0.2, 0) is 4.79 Å². The fourth-order valence-corrected chi connectivity index (χ4v) is 3.78. The molecule has 0 radical (unpaired) electrons. The number of aromatic nitrogens is 1. The van der Waals surface area contributed by atoms with E-state index in [0.29, 0.717) is 25.4 Å². The van der Waals surface area contributed by atoms with Crippen molar-refractivity contribution in [1.29, 1.82) is 0 Å². The molecule has 154 valence electrons. The third kappa shape index (κ3) is 5.81. The number of carbonyl (C=O) groups excluding carboxylic acids is 1. The SMILES string of the molecule is CCCN(CCCl)CCNC(=O)CCNc1c2ccccc2nc2ccccc12. The van der Waals surface area contributed by atoms with E-state index >= 15 is 0 Å². The minimum atomic E-state index is 0.0579. The van der Waals surface area contributed by atoms with E-state index in [9.17, 15) is 4.79 Å². The Morgan fingerprint density at radius 3 is 2.24 bits per heavy atom. The number of anilines is 1. The zero-order valence-corrected chi connectivity index (χ0v) is 17.7. The molecule has 0 atom stereocenters. The molecule has 0 fully saturated rings. The first-order valence-corrected chi connectivity index (χ1v) is 10.8. The Balaban J connectivity index is 1.57. The van der Waals surface area contributed by atoms with Crippen molar-refractivity contribution in [3.05, 3.63) is 48.5 Å². The van der Waals surface area contributed by atoms with Crippen molar-refractivity contribution in [1.82, 2.24) is 15.2 Å². The monoisotopic (exact) mass is 412 g/mol. The molecule has 3 rings (SSSR count). The quantitative estimate of drug-likeness (QED) is 0.365. The number of rotatable bonds is 11. The fraction of sp³-hybridized carbons (Fsp3) is 0.391. The van der Waals surface area contributed by atoms with Crippen molar-refractivity contribution in [2.75, 3.05) is 43.9 Å². The highest BCUT2D eigenvalue weighted by Gasteiger charge is 2.09. The molecule has 0 spiro atoms. The van der Waals surface area contributed by atoms with Crippen molar-refractivity contribution in [2.24, 2.45) is 0 Å². The summed E-state index contributed by atoms with van der Waals surface area (Å²) in [6.07, 6.45) is 1.51. The van der Waals surface area contributed by atoms with Crippen LogP contribution in [-0.4, -0.2) is 54.4 Å². The molecule has 29 heavy (non-hydrogen) atoms. The van der Waals surface area contributed by atoms with Crippen LogP contribution in [0.5, 0.6) is 0 Å². The van der Waals surface area contributed by atoms with E-state index in [4.69, 9.17) is 16.6 Å². The maximum Gasteiger partial charge on any atom is 0.221 e. The lowest BCUT2D eigenvalue weighted by molar-refractivity contribution is -0.120. The molecule has 6 heteroatoms. The summed E-state index contributed by atoms with van der Waals surface area (Å²) >= 11 is 5.84. The molecule has 3 aromatic rings. The van der Waals surface area contributed by atoms with Crippen LogP contribution in [0.3, 0.4) is 0 Å². The van der Waals surface area contributed by atoms with E-state index in [2.05, 4.69) is 34.6 Å². The first-order valence-electron chi connectivity index (χ1n) is 10.3. The number of halogens is 1. The molecule has 0 bridgehead atoms. The summed E-state index contributed by atoms with van der Waals surface area (Å²) in [7, 11) is 0. The molecule has 0 unspecified atom stereocenters. The van der Waals surface area contributed by atoms with Crippen LogP contribution in [0.2, 0.25) is 0 Å². The molecule has 1 amide bonds. The van der Waals surface area contributed by atoms with Gasteiger partial charge in [-0.1, -0.05) is 43.3 Å². The maximum absolute atomic E-state index is 12.2. The number of carbonyl (C=O) groups is 1. The van der Waals surface area contributed by atoms with Gasteiger partial charge in [-0.25, -0.2) is 4.98 Å². The summed E-state index contributed by atoms with van der Waals surface area (Å²) in [6.45, 7) is 6.07. The molecule has 0 saturated heterocycles. The summed E-state index contributed by atoms with van der Waals surface area (Å²) in [4.78, 5) is 19.3. The number of para-hydroxylation sites is 2. The molecular weight excluding hydrogens is 384 g/mol. The Kier molecular flexibility index (Phi) is 8.08. The Morgan fingerprint density at radius 1 is 0.966 bits per heavy atom. The number of nitrogens with zero attached hydrogens (tertiary/aromatic N) is 2. The fourth-order valence-electron chi connectivity index (χ4n) is 3.54. The molecule has 5 nitrogen and oxygen atoms in total. The number of amides is 1. The molecule has 0 aliphatic carbocycles. The molecule has 0 aliphatic rings. The van der Waals surface area contributed by atoms with Gasteiger partial charge in [-0.05, 0) is 25.1 Å². The summed E-state index contributed by atoms with van der Waals surface area (Å²) in [5, 5.41) is 8.63. The van der Waals surface area contributed by atoms with E-state index < -0.39 is 0 Å². The van der Waals surface area contributed by atoms with E-state index in [1.807, 2.05) is 36.4 Å². The van der Waals surface area contributed by atoms with E-state index in [1.54, 1.807) is 0 Å². The van der Waals surface area contributed by atoms with Gasteiger partial charge in [-0.2, -0.15) is 0 Å². The standard InChI is InChI=1S/C23H29ClN4O/c1-2-15-28(16-12-24)17-14-25-22(29)11-13-26-23-18-7-3-5-9-20(18)27-21-10-6-4-8-19(21)23/h3-10H,2,11-17H2,1H3,(H,25,29)(H,26,27). The maximum atomic E-state index is 12.2. The van der Waals surface area contributed by atoms with Gasteiger partial charge in [0.25, 0.3) is 0 Å². The van der Waals surface area contributed by atoms with E-state index in [1.165, 1.54) is 0 Å². The lowest BCUT2D eigenvalue weighted by Gasteiger charge is -2.20. The Labute approximate surface area is 177 Å². The van der Waals surface area contributed by atoms with Crippen LogP contribution in [0.4, 0.5) is 5.69 Å². The highest BCUT2D eigenvalue weighted by atomic mass is 35.5. The first-order chi connectivity index (χ1) is 14.2. The van der Waals surface area contributed by atoms with Gasteiger partial charge in [0.15, 0.2) is 0 Å². The van der Waals surface area contributed by atoms with Crippen LogP contribution in [0.25, 0.3) is 21.8 Å². The summed E-state index contributed by atoms with van der Waals surface area (Å²) in [6, 6.07) is 16.2. The minimum Gasteiger partial charge on any atom is -0.383 e. The third-order valence-electron chi connectivity index (χ3n) is 4.93. The van der Waals surface area contributed by atoms with Gasteiger partial charge in [-0.15, -0.1) is 11.6 Å². The molecule has 0 aliphatic heterocycles. The van der Waals surface area contributed by atoms with E-state index in [-0.39, 0.29) is 5.91 Å². The molecule has 2 aromatic carbocycles. The molecule has 2 N–H and O–H groups in total. The van der Waals surface area contributed by atoms with Gasteiger partial charge < -0.3 is 15.5 Å². The van der Waals surface area contributed by atoms with Crippen LogP contribution in [0.1, 0.15) is 19.8 Å². The van der Waals surface area contributed by atoms with Crippen molar-refractivity contribution in [3.63, 3.8) is 0 Å². The first kappa shape index (κ1) is 21.3. The minimum absolute atomic E-state index is 0.0579. The second-order valence-corrected chi connectivity index (χ2v) is 7.46. The van der Waals surface area contributed by atoms with Crippen LogP contribution in [0, 0.1) is 0 Å². The second-order valence-electron chi connectivity index (χ2n) is 7.08. The normalized spacial score (nSPS) is 11.3. The Hall–Kier alpha value is -2.37. The van der Waals surface area contributed by atoms with Gasteiger partial charge in [0, 0.05) is 49.3 Å². The highest BCUT2D eigenvalue weighted by molar-refractivity contribution is 6.18. The average molecular weight is 413 g/mol. The number of pyridine rings is 1. The smallest absolute Gasteiger partial charge is 0.221 e. The average Bonchev–Trinajstić information content (AvgIpc) is 2.73. The summed E-state index contributed by atoms with van der Waals surface area (Å²) in [5.74, 6) is 0.675. The van der Waals surface area contributed by atoms with Gasteiger partial charge in [0.1, 0.15) is 0 Å². The number of hydrogen-bond acceptors (Lipinski definition) is 4. The highest BCUT2D eigenvalue weighted by Crippen LogP contribution is 2.30. The number of benzene rings is 2. The summed E-state index contributed by atoms with van der Waals surface area (Å²) in [5.41, 5.74) is 2.94. The Bertz CT molecular complexity index is 886. The number of fused-ring (bicyclic) bond motifs is 2. The number of nitrogens with one attached hydrogen (secondary N) is 2. The van der Waals surface area contributed by atoms with Gasteiger partial charge in [0.05, 0.1) is 16.7 Å². The molecule has 1 aromatic heterocycles. The third-order valence-corrected chi connectivity index (χ3v) is 5.10. The molecule has 1 heterocycles. The zero-order chi connectivity index (χ0) is 20.5. The lowest BCUT2D eigenvalue weighted by Crippen LogP contribution is -2.36. The van der Waals surface area contributed by atoms with Crippen molar-refractivity contribution < 1.29 is 4.79 Å². The predicted molar refractivity (Wildman–Crippen MR) is 123 cm³/mol. The van der Waals surface area contributed by atoms with E-state index in [0.717, 1.165) is 53.5 Å². The van der Waals surface area contributed by atoms with Crippen molar-refractivity contribution in [2.45, 2.75) is 19.8 Å². The van der Waals surface area contributed by atoms with Crippen LogP contribution < -0.4 is 10.6 Å². The van der Waals surface area contributed by atoms with Crippen molar-refractivity contribution in [3.8, 4) is 0 Å².